The highest BCUT2D eigenvalue weighted by Gasteiger charge is 2.44. The molecule has 2 fully saturated rings. The van der Waals surface area contributed by atoms with Gasteiger partial charge in [-0.25, -0.2) is 13.2 Å². The molecule has 2 saturated heterocycles. The maximum absolute atomic E-state index is 14.7. The summed E-state index contributed by atoms with van der Waals surface area (Å²) in [5, 5.41) is 0. The molecule has 2 aliphatic heterocycles. The van der Waals surface area contributed by atoms with Crippen LogP contribution in [0.5, 0.6) is 0 Å². The van der Waals surface area contributed by atoms with E-state index in [0.717, 1.165) is 11.6 Å². The molecule has 2 atom stereocenters. The van der Waals surface area contributed by atoms with Crippen molar-refractivity contribution in [1.82, 2.24) is 14.7 Å². The summed E-state index contributed by atoms with van der Waals surface area (Å²) in [5.41, 5.74) is 0.949. The zero-order valence-electron chi connectivity index (χ0n) is 21.1. The van der Waals surface area contributed by atoms with Gasteiger partial charge in [-0.2, -0.15) is 0 Å². The standard InChI is InChI=1S/C28H34F3N3O2/c1-28(2,3)34-17-23(22-9-8-21(30)16-25(22)31)24(18-34)27(36)33-13-11-32(12-14-33)26(35)10-7-19-5-4-6-20(29)15-19/h4-6,8-9,15-16,23-24H,7,10-14,17-18H2,1-3H3/t23-,24+/m0/s1. The van der Waals surface area contributed by atoms with Crippen molar-refractivity contribution < 1.29 is 22.8 Å². The van der Waals surface area contributed by atoms with Crippen molar-refractivity contribution in [3.8, 4) is 0 Å². The van der Waals surface area contributed by atoms with Gasteiger partial charge in [-0.05, 0) is 56.5 Å². The van der Waals surface area contributed by atoms with Crippen LogP contribution >= 0.6 is 0 Å². The number of rotatable bonds is 5. The Hall–Kier alpha value is -2.87. The first-order chi connectivity index (χ1) is 17.0. The highest BCUT2D eigenvalue weighted by Crippen LogP contribution is 2.38. The second kappa shape index (κ2) is 10.6. The molecule has 2 aromatic rings. The van der Waals surface area contributed by atoms with E-state index in [1.54, 1.807) is 21.9 Å². The molecule has 0 N–H and O–H groups in total. The smallest absolute Gasteiger partial charge is 0.227 e. The molecule has 36 heavy (non-hydrogen) atoms. The second-order valence-corrected chi connectivity index (χ2v) is 10.8. The number of carbonyl (C=O) groups is 2. The van der Waals surface area contributed by atoms with E-state index in [-0.39, 0.29) is 35.5 Å². The molecule has 8 heteroatoms. The average molecular weight is 502 g/mol. The lowest BCUT2D eigenvalue weighted by Gasteiger charge is -2.37. The normalized spacial score (nSPS) is 21.2. The van der Waals surface area contributed by atoms with E-state index in [9.17, 15) is 22.8 Å². The maximum Gasteiger partial charge on any atom is 0.227 e. The van der Waals surface area contributed by atoms with Gasteiger partial charge in [-0.3, -0.25) is 14.5 Å². The third kappa shape index (κ3) is 5.91. The molecule has 0 spiro atoms. The van der Waals surface area contributed by atoms with E-state index in [0.29, 0.717) is 51.3 Å². The van der Waals surface area contributed by atoms with Gasteiger partial charge in [0.2, 0.25) is 11.8 Å². The van der Waals surface area contributed by atoms with Gasteiger partial charge in [0.1, 0.15) is 17.5 Å². The van der Waals surface area contributed by atoms with Gasteiger partial charge >= 0.3 is 0 Å². The number of hydrogen-bond acceptors (Lipinski definition) is 3. The molecule has 0 saturated carbocycles. The van der Waals surface area contributed by atoms with Crippen LogP contribution < -0.4 is 0 Å². The topological polar surface area (TPSA) is 43.9 Å². The number of hydrogen-bond donors (Lipinski definition) is 0. The van der Waals surface area contributed by atoms with Crippen molar-refractivity contribution in [3.05, 3.63) is 71.0 Å². The van der Waals surface area contributed by atoms with E-state index in [1.165, 1.54) is 24.3 Å². The van der Waals surface area contributed by atoms with Gasteiger partial charge in [0, 0.05) is 63.2 Å². The van der Waals surface area contributed by atoms with E-state index in [4.69, 9.17) is 0 Å². The summed E-state index contributed by atoms with van der Waals surface area (Å²) in [6.45, 7) is 8.88. The van der Waals surface area contributed by atoms with Gasteiger partial charge in [-0.15, -0.1) is 0 Å². The number of aryl methyl sites for hydroxylation is 1. The molecule has 2 aromatic carbocycles. The lowest BCUT2D eigenvalue weighted by Crippen LogP contribution is -2.52. The quantitative estimate of drug-likeness (QED) is 0.616. The minimum Gasteiger partial charge on any atom is -0.339 e. The minimum atomic E-state index is -0.636. The number of piperazine rings is 1. The second-order valence-electron chi connectivity index (χ2n) is 10.8. The zero-order valence-corrected chi connectivity index (χ0v) is 21.1. The van der Waals surface area contributed by atoms with Crippen molar-refractivity contribution in [2.45, 2.75) is 45.1 Å². The molecule has 2 heterocycles. The van der Waals surface area contributed by atoms with Crippen LogP contribution in [0.4, 0.5) is 13.2 Å². The Labute approximate surface area is 210 Å². The molecule has 0 bridgehead atoms. The molecular formula is C28H34F3N3O2. The van der Waals surface area contributed by atoms with E-state index in [2.05, 4.69) is 25.7 Å². The highest BCUT2D eigenvalue weighted by molar-refractivity contribution is 5.81. The van der Waals surface area contributed by atoms with Gasteiger partial charge in [0.25, 0.3) is 0 Å². The molecule has 2 amide bonds. The van der Waals surface area contributed by atoms with Crippen LogP contribution in [0, 0.1) is 23.4 Å². The first kappa shape index (κ1) is 26.2. The minimum absolute atomic E-state index is 0.0163. The zero-order chi connectivity index (χ0) is 26.0. The monoisotopic (exact) mass is 501 g/mol. The molecule has 0 radical (unpaired) electrons. The Morgan fingerprint density at radius 1 is 0.889 bits per heavy atom. The number of carbonyl (C=O) groups excluding carboxylic acids is 2. The Morgan fingerprint density at radius 2 is 1.56 bits per heavy atom. The van der Waals surface area contributed by atoms with Crippen LogP contribution in [-0.2, 0) is 16.0 Å². The number of likely N-dealkylation sites (tertiary alicyclic amines) is 1. The molecular weight excluding hydrogens is 467 g/mol. The number of amides is 2. The first-order valence-electron chi connectivity index (χ1n) is 12.5. The SMILES string of the molecule is CC(C)(C)N1C[C@@H](C(=O)N2CCN(C(=O)CCc3cccc(F)c3)CC2)[C@H](c2ccc(F)cc2F)C1. The molecule has 4 rings (SSSR count). The summed E-state index contributed by atoms with van der Waals surface area (Å²) >= 11 is 0. The summed E-state index contributed by atoms with van der Waals surface area (Å²) < 4.78 is 41.6. The lowest BCUT2D eigenvalue weighted by atomic mass is 9.87. The number of nitrogens with zero attached hydrogens (tertiary/aromatic N) is 3. The predicted molar refractivity (Wildman–Crippen MR) is 132 cm³/mol. The number of halogens is 3. The van der Waals surface area contributed by atoms with Crippen LogP contribution in [0.15, 0.2) is 42.5 Å². The summed E-state index contributed by atoms with van der Waals surface area (Å²) in [6.07, 6.45) is 0.748. The third-order valence-corrected chi connectivity index (χ3v) is 7.41. The van der Waals surface area contributed by atoms with Crippen LogP contribution in [0.2, 0.25) is 0 Å². The molecule has 0 aliphatic carbocycles. The maximum atomic E-state index is 14.7. The Morgan fingerprint density at radius 3 is 2.19 bits per heavy atom. The van der Waals surface area contributed by atoms with Crippen molar-refractivity contribution in [2.24, 2.45) is 5.92 Å². The summed E-state index contributed by atoms with van der Waals surface area (Å²) in [4.78, 5) is 32.0. The van der Waals surface area contributed by atoms with Gasteiger partial charge < -0.3 is 9.80 Å². The van der Waals surface area contributed by atoms with Crippen molar-refractivity contribution >= 4 is 11.8 Å². The van der Waals surface area contributed by atoms with Crippen molar-refractivity contribution in [2.75, 3.05) is 39.3 Å². The molecule has 194 valence electrons. The van der Waals surface area contributed by atoms with E-state index < -0.39 is 17.6 Å². The number of benzene rings is 2. The molecule has 5 nitrogen and oxygen atoms in total. The third-order valence-electron chi connectivity index (χ3n) is 7.41. The van der Waals surface area contributed by atoms with Crippen LogP contribution in [0.1, 0.15) is 44.2 Å². The largest absolute Gasteiger partial charge is 0.339 e. The van der Waals surface area contributed by atoms with Crippen molar-refractivity contribution in [1.29, 1.82) is 0 Å². The van der Waals surface area contributed by atoms with Gasteiger partial charge in [0.15, 0.2) is 0 Å². The summed E-state index contributed by atoms with van der Waals surface area (Å²) in [6, 6.07) is 9.83. The lowest BCUT2D eigenvalue weighted by molar-refractivity contribution is -0.142. The van der Waals surface area contributed by atoms with Crippen LogP contribution in [0.25, 0.3) is 0 Å². The Kier molecular flexibility index (Phi) is 7.73. The molecule has 0 unspecified atom stereocenters. The fraction of sp³-hybridized carbons (Fsp3) is 0.500. The first-order valence-corrected chi connectivity index (χ1v) is 12.5. The van der Waals surface area contributed by atoms with Crippen molar-refractivity contribution in [3.63, 3.8) is 0 Å². The molecule has 2 aliphatic rings. The van der Waals surface area contributed by atoms with Crippen LogP contribution in [-0.4, -0.2) is 71.3 Å². The fourth-order valence-electron chi connectivity index (χ4n) is 5.23. The van der Waals surface area contributed by atoms with Crippen LogP contribution in [0.3, 0.4) is 0 Å². The Bertz CT molecular complexity index is 1110. The van der Waals surface area contributed by atoms with E-state index >= 15 is 0 Å². The molecule has 0 aromatic heterocycles. The van der Waals surface area contributed by atoms with Gasteiger partial charge in [0.05, 0.1) is 5.92 Å². The van der Waals surface area contributed by atoms with E-state index in [1.807, 2.05) is 0 Å². The Balaban J connectivity index is 1.39. The van der Waals surface area contributed by atoms with Gasteiger partial charge in [-0.1, -0.05) is 18.2 Å². The predicted octanol–water partition coefficient (Wildman–Crippen LogP) is 4.22. The summed E-state index contributed by atoms with van der Waals surface area (Å²) in [5.74, 6) is -2.46. The average Bonchev–Trinajstić information content (AvgIpc) is 3.28. The fourth-order valence-corrected chi connectivity index (χ4v) is 5.23. The highest BCUT2D eigenvalue weighted by atomic mass is 19.1. The summed E-state index contributed by atoms with van der Waals surface area (Å²) in [7, 11) is 0.